The molecule has 2 rings (SSSR count). The quantitative estimate of drug-likeness (QED) is 0.805. The molecule has 0 bridgehead atoms. The van der Waals surface area contributed by atoms with E-state index in [1.807, 2.05) is 19.4 Å². The highest BCUT2D eigenvalue weighted by Crippen LogP contribution is 2.13. The van der Waals surface area contributed by atoms with Crippen molar-refractivity contribution < 1.29 is 0 Å². The summed E-state index contributed by atoms with van der Waals surface area (Å²) in [5.41, 5.74) is 6.69. The zero-order valence-corrected chi connectivity index (χ0v) is 8.66. The summed E-state index contributed by atoms with van der Waals surface area (Å²) < 4.78 is 1.80. The second kappa shape index (κ2) is 3.75. The molecule has 0 fully saturated rings. The summed E-state index contributed by atoms with van der Waals surface area (Å²) in [6, 6.07) is 0. The van der Waals surface area contributed by atoms with Gasteiger partial charge >= 0.3 is 0 Å². The van der Waals surface area contributed by atoms with Crippen LogP contribution in [-0.4, -0.2) is 20.0 Å². The second-order valence-electron chi connectivity index (χ2n) is 3.06. The van der Waals surface area contributed by atoms with Gasteiger partial charge in [-0.15, -0.1) is 10.2 Å². The summed E-state index contributed by atoms with van der Waals surface area (Å²) in [6.45, 7) is 0. The molecule has 0 aromatic carbocycles. The molecule has 0 atom stereocenters. The molecule has 0 aliphatic rings. The van der Waals surface area contributed by atoms with Crippen LogP contribution in [0.3, 0.4) is 0 Å². The molecule has 2 aromatic heterocycles. The van der Waals surface area contributed by atoms with Crippen molar-refractivity contribution in [1.29, 1.82) is 0 Å². The average Bonchev–Trinajstić information content (AvgIpc) is 2.72. The number of aromatic nitrogens is 4. The van der Waals surface area contributed by atoms with Crippen LogP contribution < -0.4 is 5.73 Å². The van der Waals surface area contributed by atoms with E-state index in [1.165, 1.54) is 16.9 Å². The maximum absolute atomic E-state index is 5.48. The molecular formula is C8H11N5S. The van der Waals surface area contributed by atoms with Gasteiger partial charge in [-0.1, -0.05) is 11.3 Å². The highest BCUT2D eigenvalue weighted by molar-refractivity contribution is 7.15. The second-order valence-corrected chi connectivity index (χ2v) is 4.15. The van der Waals surface area contributed by atoms with E-state index in [0.717, 1.165) is 17.8 Å². The van der Waals surface area contributed by atoms with Gasteiger partial charge in [0.25, 0.3) is 0 Å². The number of hydrogen-bond donors (Lipinski definition) is 1. The average molecular weight is 209 g/mol. The van der Waals surface area contributed by atoms with E-state index in [-0.39, 0.29) is 0 Å². The lowest BCUT2D eigenvalue weighted by atomic mass is 10.2. The van der Waals surface area contributed by atoms with E-state index in [9.17, 15) is 0 Å². The molecular weight excluding hydrogens is 198 g/mol. The first-order chi connectivity index (χ1) is 6.74. The van der Waals surface area contributed by atoms with E-state index in [1.54, 1.807) is 4.68 Å². The van der Waals surface area contributed by atoms with Crippen LogP contribution in [0, 0.1) is 0 Å². The Morgan fingerprint density at radius 1 is 1.43 bits per heavy atom. The third-order valence-electron chi connectivity index (χ3n) is 1.87. The van der Waals surface area contributed by atoms with Crippen molar-refractivity contribution in [1.82, 2.24) is 20.0 Å². The van der Waals surface area contributed by atoms with Crippen LogP contribution in [0.4, 0.5) is 5.13 Å². The van der Waals surface area contributed by atoms with Gasteiger partial charge in [0.05, 0.1) is 6.20 Å². The molecule has 6 heteroatoms. The Balaban J connectivity index is 1.94. The third-order valence-corrected chi connectivity index (χ3v) is 2.68. The van der Waals surface area contributed by atoms with E-state index >= 15 is 0 Å². The molecule has 0 saturated heterocycles. The number of anilines is 1. The van der Waals surface area contributed by atoms with Gasteiger partial charge in [-0.05, 0) is 12.0 Å². The lowest BCUT2D eigenvalue weighted by Gasteiger charge is -1.91. The zero-order valence-electron chi connectivity index (χ0n) is 7.84. The minimum Gasteiger partial charge on any atom is -0.374 e. The molecule has 0 saturated carbocycles. The molecule has 0 radical (unpaired) electrons. The fourth-order valence-electron chi connectivity index (χ4n) is 1.22. The zero-order chi connectivity index (χ0) is 9.97. The molecule has 0 aliphatic carbocycles. The first kappa shape index (κ1) is 9.14. The molecule has 0 spiro atoms. The number of aryl methyl sites for hydroxylation is 3. The van der Waals surface area contributed by atoms with Crippen molar-refractivity contribution in [2.45, 2.75) is 12.8 Å². The minimum absolute atomic E-state index is 0.534. The number of nitrogens with two attached hydrogens (primary N) is 1. The van der Waals surface area contributed by atoms with Crippen LogP contribution >= 0.6 is 11.3 Å². The summed E-state index contributed by atoms with van der Waals surface area (Å²) in [4.78, 5) is 0. The van der Waals surface area contributed by atoms with Gasteiger partial charge in [0, 0.05) is 19.7 Å². The standard InChI is InChI=1S/C8H11N5S/c1-13-5-6(4-10-13)2-3-7-11-12-8(9)14-7/h4-5H,2-3H2,1H3,(H2,9,12). The van der Waals surface area contributed by atoms with Crippen molar-refractivity contribution in [3.05, 3.63) is 23.0 Å². The highest BCUT2D eigenvalue weighted by atomic mass is 32.1. The largest absolute Gasteiger partial charge is 0.374 e. The van der Waals surface area contributed by atoms with Crippen molar-refractivity contribution >= 4 is 16.5 Å². The molecule has 0 amide bonds. The number of rotatable bonds is 3. The summed E-state index contributed by atoms with van der Waals surface area (Å²) in [6.07, 6.45) is 5.68. The van der Waals surface area contributed by atoms with Gasteiger partial charge in [-0.25, -0.2) is 0 Å². The van der Waals surface area contributed by atoms with E-state index in [4.69, 9.17) is 5.73 Å². The first-order valence-corrected chi connectivity index (χ1v) is 5.11. The summed E-state index contributed by atoms with van der Waals surface area (Å²) in [5, 5.41) is 13.3. The van der Waals surface area contributed by atoms with E-state index in [0.29, 0.717) is 5.13 Å². The maximum atomic E-state index is 5.48. The van der Waals surface area contributed by atoms with Crippen LogP contribution in [-0.2, 0) is 19.9 Å². The van der Waals surface area contributed by atoms with Crippen LogP contribution in [0.1, 0.15) is 10.6 Å². The smallest absolute Gasteiger partial charge is 0.203 e. The van der Waals surface area contributed by atoms with Gasteiger partial charge in [-0.2, -0.15) is 5.10 Å². The Morgan fingerprint density at radius 2 is 2.29 bits per heavy atom. The predicted molar refractivity (Wildman–Crippen MR) is 54.9 cm³/mol. The lowest BCUT2D eigenvalue weighted by molar-refractivity contribution is 0.766. The molecule has 74 valence electrons. The number of hydrogen-bond acceptors (Lipinski definition) is 5. The van der Waals surface area contributed by atoms with Crippen LogP contribution in [0.2, 0.25) is 0 Å². The van der Waals surface area contributed by atoms with Crippen LogP contribution in [0.25, 0.3) is 0 Å². The van der Waals surface area contributed by atoms with Crippen molar-refractivity contribution in [2.75, 3.05) is 5.73 Å². The minimum atomic E-state index is 0.534. The van der Waals surface area contributed by atoms with Gasteiger partial charge in [0.1, 0.15) is 5.01 Å². The monoisotopic (exact) mass is 209 g/mol. The van der Waals surface area contributed by atoms with Crippen molar-refractivity contribution in [3.63, 3.8) is 0 Å². The van der Waals surface area contributed by atoms with Crippen LogP contribution in [0.5, 0.6) is 0 Å². The fourth-order valence-corrected chi connectivity index (χ4v) is 1.83. The summed E-state index contributed by atoms with van der Waals surface area (Å²) in [5.74, 6) is 0. The van der Waals surface area contributed by atoms with Gasteiger partial charge in [0.2, 0.25) is 5.13 Å². The summed E-state index contributed by atoms with van der Waals surface area (Å²) in [7, 11) is 1.91. The Morgan fingerprint density at radius 3 is 2.86 bits per heavy atom. The van der Waals surface area contributed by atoms with E-state index < -0.39 is 0 Å². The molecule has 0 aliphatic heterocycles. The summed E-state index contributed by atoms with van der Waals surface area (Å²) >= 11 is 1.44. The topological polar surface area (TPSA) is 69.6 Å². The van der Waals surface area contributed by atoms with E-state index in [2.05, 4.69) is 15.3 Å². The van der Waals surface area contributed by atoms with Gasteiger partial charge in [-0.3, -0.25) is 4.68 Å². The maximum Gasteiger partial charge on any atom is 0.203 e. The SMILES string of the molecule is Cn1cc(CCc2nnc(N)s2)cn1. The highest BCUT2D eigenvalue weighted by Gasteiger charge is 2.02. The van der Waals surface area contributed by atoms with Gasteiger partial charge < -0.3 is 5.73 Å². The normalized spacial score (nSPS) is 10.6. The molecule has 2 N–H and O–H groups in total. The van der Waals surface area contributed by atoms with Crippen LogP contribution in [0.15, 0.2) is 12.4 Å². The lowest BCUT2D eigenvalue weighted by Crippen LogP contribution is -1.89. The number of nitrogens with zero attached hydrogens (tertiary/aromatic N) is 4. The molecule has 5 nitrogen and oxygen atoms in total. The first-order valence-electron chi connectivity index (χ1n) is 4.29. The Labute approximate surface area is 85.6 Å². The third kappa shape index (κ3) is 2.08. The molecule has 2 heterocycles. The fraction of sp³-hybridized carbons (Fsp3) is 0.375. The Hall–Kier alpha value is -1.43. The number of nitrogen functional groups attached to an aromatic ring is 1. The predicted octanol–water partition coefficient (Wildman–Crippen LogP) is 0.639. The molecule has 0 unspecified atom stereocenters. The van der Waals surface area contributed by atoms with Crippen molar-refractivity contribution in [2.24, 2.45) is 7.05 Å². The molecule has 2 aromatic rings. The van der Waals surface area contributed by atoms with Gasteiger partial charge in [0.15, 0.2) is 0 Å². The van der Waals surface area contributed by atoms with Crippen molar-refractivity contribution in [3.8, 4) is 0 Å². The molecule has 14 heavy (non-hydrogen) atoms. The Kier molecular flexibility index (Phi) is 2.45. The Bertz CT molecular complexity index is 379.